The van der Waals surface area contributed by atoms with Gasteiger partial charge >= 0.3 is 6.03 Å². The number of carbonyl (C=O) groups excluding carboxylic acids is 2. The standard InChI is InChI=1S/C17H23N3O2/c21-15-7-9-17(19-15)8-4-11-20(12-10-17)16(22)18-13-14-5-2-1-3-6-14/h1-3,5-6H,4,7-13H2,(H,18,22)(H,19,21)/t17-/m1/s1. The number of nitrogens with one attached hydrogen (secondary N) is 2. The van der Waals surface area contributed by atoms with Crippen LogP contribution < -0.4 is 10.6 Å². The lowest BCUT2D eigenvalue weighted by Gasteiger charge is -2.27. The summed E-state index contributed by atoms with van der Waals surface area (Å²) in [6.07, 6.45) is 4.31. The van der Waals surface area contributed by atoms with E-state index >= 15 is 0 Å². The van der Waals surface area contributed by atoms with Crippen molar-refractivity contribution < 1.29 is 9.59 Å². The SMILES string of the molecule is O=C1CC[C@@]2(CCCN(C(=O)NCc3ccccc3)CC2)N1. The Labute approximate surface area is 131 Å². The number of carbonyl (C=O) groups is 2. The van der Waals surface area contributed by atoms with E-state index in [9.17, 15) is 9.59 Å². The molecule has 0 aromatic heterocycles. The van der Waals surface area contributed by atoms with Crippen molar-refractivity contribution in [1.29, 1.82) is 0 Å². The summed E-state index contributed by atoms with van der Waals surface area (Å²) in [5.74, 6) is 0.155. The fourth-order valence-electron chi connectivity index (χ4n) is 3.43. The Morgan fingerprint density at radius 3 is 2.73 bits per heavy atom. The Morgan fingerprint density at radius 2 is 2.00 bits per heavy atom. The molecule has 0 radical (unpaired) electrons. The average Bonchev–Trinajstić information content (AvgIpc) is 2.77. The van der Waals surface area contributed by atoms with Crippen LogP contribution in [0.5, 0.6) is 0 Å². The molecule has 5 heteroatoms. The Kier molecular flexibility index (Phi) is 4.32. The molecule has 0 saturated carbocycles. The third-order valence-corrected chi connectivity index (χ3v) is 4.75. The van der Waals surface area contributed by atoms with Crippen LogP contribution in [0.25, 0.3) is 0 Å². The first-order valence-electron chi connectivity index (χ1n) is 8.05. The minimum Gasteiger partial charge on any atom is -0.351 e. The highest BCUT2D eigenvalue weighted by atomic mass is 16.2. The zero-order valence-electron chi connectivity index (χ0n) is 12.8. The number of benzene rings is 1. The second-order valence-electron chi connectivity index (χ2n) is 6.31. The molecule has 3 amide bonds. The molecule has 1 spiro atoms. The molecule has 1 atom stereocenters. The van der Waals surface area contributed by atoms with Gasteiger partial charge in [-0.25, -0.2) is 4.79 Å². The lowest BCUT2D eigenvalue weighted by molar-refractivity contribution is -0.119. The zero-order valence-corrected chi connectivity index (χ0v) is 12.8. The summed E-state index contributed by atoms with van der Waals surface area (Å²) in [4.78, 5) is 25.7. The largest absolute Gasteiger partial charge is 0.351 e. The maximum atomic E-state index is 12.3. The number of hydrogen-bond donors (Lipinski definition) is 2. The van der Waals surface area contributed by atoms with E-state index in [1.807, 2.05) is 35.2 Å². The molecule has 22 heavy (non-hydrogen) atoms. The van der Waals surface area contributed by atoms with Gasteiger partial charge in [0.2, 0.25) is 5.91 Å². The molecule has 1 aromatic rings. The van der Waals surface area contributed by atoms with Gasteiger partial charge in [-0.1, -0.05) is 30.3 Å². The number of likely N-dealkylation sites (tertiary alicyclic amines) is 1. The quantitative estimate of drug-likeness (QED) is 0.878. The summed E-state index contributed by atoms with van der Waals surface area (Å²) in [5, 5.41) is 6.11. The van der Waals surface area contributed by atoms with Gasteiger partial charge in [-0.2, -0.15) is 0 Å². The first-order valence-corrected chi connectivity index (χ1v) is 8.05. The van der Waals surface area contributed by atoms with E-state index in [0.717, 1.165) is 37.8 Å². The molecule has 2 aliphatic heterocycles. The molecule has 3 rings (SSSR count). The predicted molar refractivity (Wildman–Crippen MR) is 84.2 cm³/mol. The third kappa shape index (κ3) is 3.40. The molecule has 0 bridgehead atoms. The monoisotopic (exact) mass is 301 g/mol. The Balaban J connectivity index is 1.52. The number of hydrogen-bond acceptors (Lipinski definition) is 2. The van der Waals surface area contributed by atoms with Crippen LogP contribution in [-0.2, 0) is 11.3 Å². The van der Waals surface area contributed by atoms with Crippen molar-refractivity contribution >= 4 is 11.9 Å². The van der Waals surface area contributed by atoms with Crippen molar-refractivity contribution in [2.75, 3.05) is 13.1 Å². The third-order valence-electron chi connectivity index (χ3n) is 4.75. The van der Waals surface area contributed by atoms with Gasteiger partial charge in [0.15, 0.2) is 0 Å². The number of rotatable bonds is 2. The summed E-state index contributed by atoms with van der Waals surface area (Å²) in [7, 11) is 0. The first-order chi connectivity index (χ1) is 10.7. The second-order valence-corrected chi connectivity index (χ2v) is 6.31. The Hall–Kier alpha value is -2.04. The molecule has 5 nitrogen and oxygen atoms in total. The Bertz CT molecular complexity index is 546. The van der Waals surface area contributed by atoms with Crippen LogP contribution in [0.15, 0.2) is 30.3 Å². The van der Waals surface area contributed by atoms with E-state index in [4.69, 9.17) is 0 Å². The van der Waals surface area contributed by atoms with Crippen molar-refractivity contribution in [2.24, 2.45) is 0 Å². The summed E-state index contributed by atoms with van der Waals surface area (Å²) >= 11 is 0. The van der Waals surface area contributed by atoms with E-state index in [-0.39, 0.29) is 17.5 Å². The molecule has 2 fully saturated rings. The van der Waals surface area contributed by atoms with E-state index in [2.05, 4.69) is 10.6 Å². The van der Waals surface area contributed by atoms with Gasteiger partial charge in [-0.3, -0.25) is 4.79 Å². The van der Waals surface area contributed by atoms with E-state index in [1.165, 1.54) is 0 Å². The van der Waals surface area contributed by atoms with Gasteiger partial charge in [-0.15, -0.1) is 0 Å². The topological polar surface area (TPSA) is 61.4 Å². The predicted octanol–water partition coefficient (Wildman–Crippen LogP) is 2.03. The van der Waals surface area contributed by atoms with Crippen LogP contribution in [0.2, 0.25) is 0 Å². The normalized spacial score (nSPS) is 24.9. The van der Waals surface area contributed by atoms with Crippen LogP contribution in [0, 0.1) is 0 Å². The second kappa shape index (κ2) is 6.38. The van der Waals surface area contributed by atoms with E-state index < -0.39 is 0 Å². The maximum Gasteiger partial charge on any atom is 0.317 e. The van der Waals surface area contributed by atoms with Gasteiger partial charge in [0, 0.05) is 31.6 Å². The van der Waals surface area contributed by atoms with Crippen LogP contribution >= 0.6 is 0 Å². The molecular formula is C17H23N3O2. The molecule has 2 N–H and O–H groups in total. The first kappa shape index (κ1) is 14.9. The zero-order chi connectivity index (χ0) is 15.4. The van der Waals surface area contributed by atoms with Crippen molar-refractivity contribution in [3.8, 4) is 0 Å². The summed E-state index contributed by atoms with van der Waals surface area (Å²) in [6.45, 7) is 2.02. The van der Waals surface area contributed by atoms with Gasteiger partial charge in [0.05, 0.1) is 0 Å². The molecule has 0 unspecified atom stereocenters. The van der Waals surface area contributed by atoms with Crippen molar-refractivity contribution in [3.05, 3.63) is 35.9 Å². The minimum atomic E-state index is -0.0639. The van der Waals surface area contributed by atoms with Gasteiger partial charge in [-0.05, 0) is 31.2 Å². The van der Waals surface area contributed by atoms with Crippen LogP contribution in [-0.4, -0.2) is 35.5 Å². The summed E-state index contributed by atoms with van der Waals surface area (Å²) in [6, 6.07) is 9.91. The minimum absolute atomic E-state index is 0.00905. The van der Waals surface area contributed by atoms with Gasteiger partial charge in [0.1, 0.15) is 0 Å². The summed E-state index contributed by atoms with van der Waals surface area (Å²) in [5.41, 5.74) is 1.04. The molecule has 1 aromatic carbocycles. The van der Waals surface area contributed by atoms with Crippen molar-refractivity contribution in [2.45, 2.75) is 44.2 Å². The molecule has 2 saturated heterocycles. The lowest BCUT2D eigenvalue weighted by Crippen LogP contribution is -2.44. The Morgan fingerprint density at radius 1 is 1.18 bits per heavy atom. The van der Waals surface area contributed by atoms with E-state index in [0.29, 0.717) is 19.5 Å². The average molecular weight is 301 g/mol. The molecule has 2 heterocycles. The highest BCUT2D eigenvalue weighted by Gasteiger charge is 2.39. The summed E-state index contributed by atoms with van der Waals surface area (Å²) < 4.78 is 0. The number of urea groups is 1. The highest BCUT2D eigenvalue weighted by Crippen LogP contribution is 2.31. The maximum absolute atomic E-state index is 12.3. The number of nitrogens with zero attached hydrogens (tertiary/aromatic N) is 1. The fourth-order valence-corrected chi connectivity index (χ4v) is 3.43. The molecule has 0 aliphatic carbocycles. The van der Waals surface area contributed by atoms with Crippen molar-refractivity contribution in [3.63, 3.8) is 0 Å². The van der Waals surface area contributed by atoms with Crippen LogP contribution in [0.3, 0.4) is 0 Å². The van der Waals surface area contributed by atoms with Crippen LogP contribution in [0.1, 0.15) is 37.7 Å². The smallest absolute Gasteiger partial charge is 0.317 e. The van der Waals surface area contributed by atoms with Crippen LogP contribution in [0.4, 0.5) is 4.79 Å². The van der Waals surface area contributed by atoms with E-state index in [1.54, 1.807) is 0 Å². The number of amides is 3. The lowest BCUT2D eigenvalue weighted by atomic mass is 9.89. The van der Waals surface area contributed by atoms with Crippen molar-refractivity contribution in [1.82, 2.24) is 15.5 Å². The fraction of sp³-hybridized carbons (Fsp3) is 0.529. The highest BCUT2D eigenvalue weighted by molar-refractivity contribution is 5.79. The molecule has 2 aliphatic rings. The molecular weight excluding hydrogens is 278 g/mol. The van der Waals surface area contributed by atoms with Gasteiger partial charge < -0.3 is 15.5 Å². The van der Waals surface area contributed by atoms with Gasteiger partial charge in [0.25, 0.3) is 0 Å². The molecule has 118 valence electrons.